The van der Waals surface area contributed by atoms with Gasteiger partial charge in [0.25, 0.3) is 5.91 Å². The van der Waals surface area contributed by atoms with Gasteiger partial charge >= 0.3 is 0 Å². The number of rotatable bonds is 6. The Morgan fingerprint density at radius 1 is 1.14 bits per heavy atom. The normalized spacial score (nSPS) is 20.1. The average Bonchev–Trinajstić information content (AvgIpc) is 3.56. The number of primary amides is 1. The number of carbonyl (C=O) groups excluding carboxylic acids is 1. The first-order valence-corrected chi connectivity index (χ1v) is 11.9. The van der Waals surface area contributed by atoms with Gasteiger partial charge in [-0.2, -0.15) is 5.10 Å². The van der Waals surface area contributed by atoms with Crippen LogP contribution in [0.1, 0.15) is 37.2 Å². The number of aromatic nitrogens is 4. The van der Waals surface area contributed by atoms with Gasteiger partial charge in [0.15, 0.2) is 17.2 Å². The summed E-state index contributed by atoms with van der Waals surface area (Å²) >= 11 is 0. The number of furan rings is 1. The second-order valence-electron chi connectivity index (χ2n) is 9.55. The van der Waals surface area contributed by atoms with Crippen LogP contribution in [0.15, 0.2) is 53.5 Å². The van der Waals surface area contributed by atoms with Crippen LogP contribution in [0, 0.1) is 0 Å². The Bertz CT molecular complexity index is 1380. The van der Waals surface area contributed by atoms with E-state index in [1.54, 1.807) is 16.8 Å². The summed E-state index contributed by atoms with van der Waals surface area (Å²) in [5.74, 6) is 0.0343. The van der Waals surface area contributed by atoms with Gasteiger partial charge in [-0.3, -0.25) is 9.69 Å². The van der Waals surface area contributed by atoms with Crippen LogP contribution >= 0.6 is 0 Å². The lowest BCUT2D eigenvalue weighted by Gasteiger charge is -2.54. The maximum absolute atomic E-state index is 11.4. The van der Waals surface area contributed by atoms with Crippen molar-refractivity contribution in [1.82, 2.24) is 24.5 Å². The fourth-order valence-electron chi connectivity index (χ4n) is 5.38. The van der Waals surface area contributed by atoms with Crippen LogP contribution < -0.4 is 16.0 Å². The number of nitrogens with one attached hydrogen (secondary N) is 1. The van der Waals surface area contributed by atoms with Gasteiger partial charge in [-0.05, 0) is 57.0 Å². The summed E-state index contributed by atoms with van der Waals surface area (Å²) in [6, 6.07) is 11.9. The number of fused-ring (bicyclic) bond motifs is 4. The largest absolute Gasteiger partial charge is 0.458 e. The summed E-state index contributed by atoms with van der Waals surface area (Å²) in [6.45, 7) is 6.82. The van der Waals surface area contributed by atoms with E-state index in [2.05, 4.69) is 68.3 Å². The van der Waals surface area contributed by atoms with Gasteiger partial charge in [-0.15, -0.1) is 0 Å². The van der Waals surface area contributed by atoms with Crippen molar-refractivity contribution in [3.05, 3.63) is 54.9 Å². The molecule has 0 saturated carbocycles. The zero-order valence-corrected chi connectivity index (χ0v) is 19.8. The smallest absolute Gasteiger partial charge is 0.284 e. The number of amides is 1. The second kappa shape index (κ2) is 8.38. The molecule has 3 N–H and O–H groups in total. The van der Waals surface area contributed by atoms with E-state index < -0.39 is 5.91 Å². The molecule has 10 heteroatoms. The fourth-order valence-corrected chi connectivity index (χ4v) is 5.38. The van der Waals surface area contributed by atoms with Crippen LogP contribution in [0.4, 0.5) is 17.2 Å². The van der Waals surface area contributed by atoms with E-state index in [0.717, 1.165) is 18.8 Å². The highest BCUT2D eigenvalue weighted by molar-refractivity contribution is 5.91. The molecule has 0 spiro atoms. The van der Waals surface area contributed by atoms with E-state index in [1.807, 2.05) is 0 Å². The Morgan fingerprint density at radius 2 is 1.94 bits per heavy atom. The lowest BCUT2D eigenvalue weighted by molar-refractivity contribution is 0.0674. The molecule has 3 saturated heterocycles. The van der Waals surface area contributed by atoms with Crippen molar-refractivity contribution in [3.8, 4) is 11.3 Å². The summed E-state index contributed by atoms with van der Waals surface area (Å²) in [4.78, 5) is 25.5. The Hall–Kier alpha value is -3.92. The number of anilines is 3. The molecular formula is C25H28N8O2. The van der Waals surface area contributed by atoms with Gasteiger partial charge in [-0.1, -0.05) is 0 Å². The minimum absolute atomic E-state index is 0.0781. The Labute approximate surface area is 202 Å². The van der Waals surface area contributed by atoms with E-state index in [0.29, 0.717) is 40.8 Å². The molecule has 6 heterocycles. The molecule has 0 radical (unpaired) electrons. The molecule has 4 aromatic rings. The second-order valence-corrected chi connectivity index (χ2v) is 9.55. The Kier molecular flexibility index (Phi) is 5.18. The summed E-state index contributed by atoms with van der Waals surface area (Å²) < 4.78 is 6.90. The van der Waals surface area contributed by atoms with Gasteiger partial charge in [-0.25, -0.2) is 14.5 Å². The molecule has 0 aliphatic carbocycles. The maximum Gasteiger partial charge on any atom is 0.284 e. The minimum atomic E-state index is -0.629. The number of hydrogen-bond donors (Lipinski definition) is 2. The van der Waals surface area contributed by atoms with Gasteiger partial charge in [0.1, 0.15) is 12.6 Å². The van der Waals surface area contributed by atoms with Crippen LogP contribution in [0.5, 0.6) is 0 Å². The van der Waals surface area contributed by atoms with Gasteiger partial charge in [0.2, 0.25) is 0 Å². The van der Waals surface area contributed by atoms with Crippen LogP contribution in [0.25, 0.3) is 16.9 Å². The predicted octanol–water partition coefficient (Wildman–Crippen LogP) is 3.29. The Balaban J connectivity index is 1.22. The maximum atomic E-state index is 11.4. The number of nitrogens with zero attached hydrogens (tertiary/aromatic N) is 6. The molecular weight excluding hydrogens is 444 g/mol. The van der Waals surface area contributed by atoms with Crippen molar-refractivity contribution in [3.63, 3.8) is 0 Å². The summed E-state index contributed by atoms with van der Waals surface area (Å²) in [7, 11) is 0. The molecule has 2 atom stereocenters. The molecule has 10 nitrogen and oxygen atoms in total. The summed E-state index contributed by atoms with van der Waals surface area (Å²) in [5, 5.41) is 7.69. The van der Waals surface area contributed by atoms with Crippen LogP contribution in [-0.4, -0.2) is 61.6 Å². The van der Waals surface area contributed by atoms with Gasteiger partial charge < -0.3 is 20.4 Å². The molecule has 3 fully saturated rings. The quantitative estimate of drug-likeness (QED) is 0.439. The number of hydrogen-bond acceptors (Lipinski definition) is 8. The summed E-state index contributed by atoms with van der Waals surface area (Å²) in [6.07, 6.45) is 7.14. The van der Waals surface area contributed by atoms with Crippen molar-refractivity contribution < 1.29 is 9.21 Å². The molecule has 7 rings (SSSR count). The monoisotopic (exact) mass is 472 g/mol. The molecule has 3 aromatic heterocycles. The highest BCUT2D eigenvalue weighted by Crippen LogP contribution is 2.34. The number of piperidine rings is 2. The third-order valence-electron chi connectivity index (χ3n) is 7.14. The molecule has 2 bridgehead atoms. The fraction of sp³-hybridized carbons (Fsp3) is 0.360. The Morgan fingerprint density at radius 3 is 2.63 bits per heavy atom. The van der Waals surface area contributed by atoms with E-state index in [1.165, 1.54) is 31.1 Å². The first-order valence-electron chi connectivity index (χ1n) is 11.9. The van der Waals surface area contributed by atoms with E-state index in [4.69, 9.17) is 10.2 Å². The van der Waals surface area contributed by atoms with E-state index >= 15 is 0 Å². The molecule has 35 heavy (non-hydrogen) atoms. The first kappa shape index (κ1) is 21.6. The minimum Gasteiger partial charge on any atom is -0.458 e. The zero-order chi connectivity index (χ0) is 24.1. The molecule has 3 aliphatic rings. The SMILES string of the molecule is CC(C)N1CC2CCC1CN2c1ccc(Nc2ncc(-c3coc(C(N)=O)c3)n3ncnc23)cc1. The average molecular weight is 473 g/mol. The standard InChI is InChI=1S/C25H28N8O2/c1-15(2)31-11-20-8-7-19(31)12-32(20)18-5-3-17(4-6-18)30-24-25-28-14-29-33(25)21(10-27-24)16-9-22(23(26)34)35-13-16/h3-6,9-10,13-15,19-20H,7-8,11-12H2,1-2H3,(H2,26,34)(H,27,30). The topological polar surface area (TPSA) is 118 Å². The highest BCUT2D eigenvalue weighted by Gasteiger charge is 2.39. The number of nitrogens with two attached hydrogens (primary N) is 1. The first-order chi connectivity index (χ1) is 17.0. The lowest BCUT2D eigenvalue weighted by Crippen LogP contribution is -2.64. The van der Waals surface area contributed by atoms with Crippen molar-refractivity contribution >= 4 is 28.7 Å². The third-order valence-corrected chi connectivity index (χ3v) is 7.14. The molecule has 2 unspecified atom stereocenters. The lowest BCUT2D eigenvalue weighted by atomic mass is 9.89. The number of piperazine rings is 1. The third kappa shape index (κ3) is 3.79. The van der Waals surface area contributed by atoms with E-state index in [-0.39, 0.29) is 5.76 Å². The molecule has 1 amide bonds. The highest BCUT2D eigenvalue weighted by atomic mass is 16.3. The van der Waals surface area contributed by atoms with Crippen molar-refractivity contribution in [2.75, 3.05) is 23.3 Å². The molecule has 3 aliphatic heterocycles. The van der Waals surface area contributed by atoms with Crippen molar-refractivity contribution in [2.24, 2.45) is 5.73 Å². The molecule has 1 aromatic carbocycles. The zero-order valence-electron chi connectivity index (χ0n) is 19.8. The van der Waals surface area contributed by atoms with Crippen LogP contribution in [0.2, 0.25) is 0 Å². The van der Waals surface area contributed by atoms with Gasteiger partial charge in [0.05, 0.1) is 11.9 Å². The number of carbonyl (C=O) groups is 1. The van der Waals surface area contributed by atoms with Crippen LogP contribution in [-0.2, 0) is 0 Å². The van der Waals surface area contributed by atoms with E-state index in [9.17, 15) is 4.79 Å². The molecule has 180 valence electrons. The van der Waals surface area contributed by atoms with Crippen LogP contribution in [0.3, 0.4) is 0 Å². The predicted molar refractivity (Wildman–Crippen MR) is 133 cm³/mol. The van der Waals surface area contributed by atoms with Crippen molar-refractivity contribution in [1.29, 1.82) is 0 Å². The van der Waals surface area contributed by atoms with Gasteiger partial charge in [0, 0.05) is 48.2 Å². The van der Waals surface area contributed by atoms with Crippen molar-refractivity contribution in [2.45, 2.75) is 44.8 Å². The number of benzene rings is 1. The summed E-state index contributed by atoms with van der Waals surface area (Å²) in [5.41, 5.74) is 9.34.